The standard InChI is InChI=1S/C11H22ClNO2S/c1-2-16(14,15)8-7-13-9-10-3-5-11(12)6-4-10/h10-11,13H,2-9H2,1H3. The largest absolute Gasteiger partial charge is 0.315 e. The van der Waals surface area contributed by atoms with Crippen LogP contribution < -0.4 is 5.32 Å². The van der Waals surface area contributed by atoms with E-state index in [1.165, 1.54) is 12.8 Å². The van der Waals surface area contributed by atoms with Crippen LogP contribution in [0.5, 0.6) is 0 Å². The minimum absolute atomic E-state index is 0.242. The lowest BCUT2D eigenvalue weighted by atomic mass is 9.89. The molecule has 0 aromatic rings. The molecule has 0 heterocycles. The first kappa shape index (κ1) is 14.3. The van der Waals surface area contributed by atoms with Crippen LogP contribution in [0.3, 0.4) is 0 Å². The van der Waals surface area contributed by atoms with Crippen LogP contribution >= 0.6 is 11.6 Å². The Balaban J connectivity index is 2.08. The summed E-state index contributed by atoms with van der Waals surface area (Å²) >= 11 is 6.02. The van der Waals surface area contributed by atoms with E-state index in [0.717, 1.165) is 19.4 Å². The predicted octanol–water partition coefficient (Wildman–Crippen LogP) is 1.81. The summed E-state index contributed by atoms with van der Waals surface area (Å²) < 4.78 is 22.5. The Hall–Kier alpha value is 0.200. The molecule has 96 valence electrons. The maximum absolute atomic E-state index is 11.2. The summed E-state index contributed by atoms with van der Waals surface area (Å²) in [5.41, 5.74) is 0. The lowest BCUT2D eigenvalue weighted by Gasteiger charge is -2.25. The van der Waals surface area contributed by atoms with Crippen molar-refractivity contribution in [1.29, 1.82) is 0 Å². The third kappa shape index (κ3) is 5.51. The van der Waals surface area contributed by atoms with Gasteiger partial charge in [-0.15, -0.1) is 11.6 Å². The van der Waals surface area contributed by atoms with Gasteiger partial charge in [0, 0.05) is 17.7 Å². The number of alkyl halides is 1. The zero-order chi connectivity index (χ0) is 12.0. The van der Waals surface area contributed by atoms with E-state index in [4.69, 9.17) is 11.6 Å². The maximum Gasteiger partial charge on any atom is 0.151 e. The van der Waals surface area contributed by atoms with Crippen LogP contribution in [0.1, 0.15) is 32.6 Å². The van der Waals surface area contributed by atoms with Crippen molar-refractivity contribution in [3.8, 4) is 0 Å². The molecule has 0 saturated heterocycles. The molecule has 0 aliphatic heterocycles. The van der Waals surface area contributed by atoms with Gasteiger partial charge in [0.1, 0.15) is 0 Å². The normalized spacial score (nSPS) is 26.9. The Morgan fingerprint density at radius 2 is 1.88 bits per heavy atom. The Morgan fingerprint density at radius 3 is 2.44 bits per heavy atom. The van der Waals surface area contributed by atoms with Crippen LogP contribution in [0.2, 0.25) is 0 Å². The van der Waals surface area contributed by atoms with E-state index in [2.05, 4.69) is 5.32 Å². The number of hydrogen-bond acceptors (Lipinski definition) is 3. The Morgan fingerprint density at radius 1 is 1.25 bits per heavy atom. The molecule has 16 heavy (non-hydrogen) atoms. The highest BCUT2D eigenvalue weighted by molar-refractivity contribution is 7.91. The van der Waals surface area contributed by atoms with Gasteiger partial charge in [-0.3, -0.25) is 0 Å². The summed E-state index contributed by atoms with van der Waals surface area (Å²) in [5, 5.41) is 3.60. The molecule has 5 heteroatoms. The van der Waals surface area contributed by atoms with Gasteiger partial charge in [-0.25, -0.2) is 8.42 Å². The number of sulfone groups is 1. The van der Waals surface area contributed by atoms with Crippen molar-refractivity contribution in [3.05, 3.63) is 0 Å². The van der Waals surface area contributed by atoms with Gasteiger partial charge in [0.05, 0.1) is 5.75 Å². The van der Waals surface area contributed by atoms with Gasteiger partial charge in [-0.2, -0.15) is 0 Å². The first-order chi connectivity index (χ1) is 7.53. The van der Waals surface area contributed by atoms with Crippen molar-refractivity contribution < 1.29 is 8.42 Å². The molecule has 3 nitrogen and oxygen atoms in total. The summed E-state index contributed by atoms with van der Waals surface area (Å²) in [6.45, 7) is 3.21. The minimum atomic E-state index is -2.81. The van der Waals surface area contributed by atoms with Crippen molar-refractivity contribution in [2.45, 2.75) is 38.0 Å². The molecule has 0 atom stereocenters. The lowest BCUT2D eigenvalue weighted by Crippen LogP contribution is -2.30. The number of rotatable bonds is 6. The van der Waals surface area contributed by atoms with Gasteiger partial charge < -0.3 is 5.32 Å². The highest BCUT2D eigenvalue weighted by Gasteiger charge is 2.19. The molecular weight excluding hydrogens is 246 g/mol. The van der Waals surface area contributed by atoms with Gasteiger partial charge >= 0.3 is 0 Å². The van der Waals surface area contributed by atoms with Gasteiger partial charge in [0.15, 0.2) is 9.84 Å². The van der Waals surface area contributed by atoms with Crippen molar-refractivity contribution in [3.63, 3.8) is 0 Å². The molecule has 0 radical (unpaired) electrons. The van der Waals surface area contributed by atoms with Gasteiger partial charge in [-0.1, -0.05) is 6.92 Å². The average Bonchev–Trinajstić information content (AvgIpc) is 2.27. The molecule has 1 aliphatic rings. The highest BCUT2D eigenvalue weighted by Crippen LogP contribution is 2.26. The van der Waals surface area contributed by atoms with Crippen molar-refractivity contribution in [2.75, 3.05) is 24.6 Å². The molecule has 0 spiro atoms. The quantitative estimate of drug-likeness (QED) is 0.590. The van der Waals surface area contributed by atoms with Crippen LogP contribution in [0, 0.1) is 5.92 Å². The van der Waals surface area contributed by atoms with Crippen molar-refractivity contribution in [2.24, 2.45) is 5.92 Å². The molecule has 1 rings (SSSR count). The topological polar surface area (TPSA) is 46.2 Å². The zero-order valence-corrected chi connectivity index (χ0v) is 11.5. The third-order valence-corrected chi connectivity index (χ3v) is 5.38. The molecule has 0 unspecified atom stereocenters. The monoisotopic (exact) mass is 267 g/mol. The Kier molecular flexibility index (Phi) is 6.08. The molecule has 1 N–H and O–H groups in total. The molecule has 0 aromatic carbocycles. The van der Waals surface area contributed by atoms with E-state index in [1.54, 1.807) is 6.92 Å². The van der Waals surface area contributed by atoms with Crippen LogP contribution in [0.4, 0.5) is 0 Å². The molecule has 0 amide bonds. The molecule has 1 saturated carbocycles. The van der Waals surface area contributed by atoms with Gasteiger partial charge in [0.25, 0.3) is 0 Å². The summed E-state index contributed by atoms with van der Waals surface area (Å²) in [4.78, 5) is 0. The minimum Gasteiger partial charge on any atom is -0.315 e. The smallest absolute Gasteiger partial charge is 0.151 e. The first-order valence-electron chi connectivity index (χ1n) is 6.08. The van der Waals surface area contributed by atoms with E-state index < -0.39 is 9.84 Å². The molecule has 1 fully saturated rings. The fourth-order valence-electron chi connectivity index (χ4n) is 2.00. The maximum atomic E-state index is 11.2. The fourth-order valence-corrected chi connectivity index (χ4v) is 3.00. The molecule has 0 aromatic heterocycles. The Bertz CT molecular complexity index is 284. The van der Waals surface area contributed by atoms with Crippen LogP contribution in [0.25, 0.3) is 0 Å². The first-order valence-corrected chi connectivity index (χ1v) is 8.34. The van der Waals surface area contributed by atoms with Crippen molar-refractivity contribution in [1.82, 2.24) is 5.32 Å². The predicted molar refractivity (Wildman–Crippen MR) is 68.8 cm³/mol. The Labute approximate surface area is 104 Å². The second-order valence-corrected chi connectivity index (χ2v) is 7.65. The third-order valence-electron chi connectivity index (χ3n) is 3.24. The second-order valence-electron chi connectivity index (χ2n) is 4.56. The zero-order valence-electron chi connectivity index (χ0n) is 9.91. The van der Waals surface area contributed by atoms with E-state index in [1.807, 2.05) is 0 Å². The molecule has 1 aliphatic carbocycles. The van der Waals surface area contributed by atoms with Crippen LogP contribution in [0.15, 0.2) is 0 Å². The van der Waals surface area contributed by atoms with Crippen LogP contribution in [-0.2, 0) is 9.84 Å². The second kappa shape index (κ2) is 6.82. The fraction of sp³-hybridized carbons (Fsp3) is 1.00. The van der Waals surface area contributed by atoms with E-state index >= 15 is 0 Å². The number of hydrogen-bond donors (Lipinski definition) is 1. The van der Waals surface area contributed by atoms with E-state index in [-0.39, 0.29) is 11.5 Å². The van der Waals surface area contributed by atoms with Gasteiger partial charge in [-0.05, 0) is 38.1 Å². The average molecular weight is 268 g/mol. The highest BCUT2D eigenvalue weighted by atomic mass is 35.5. The summed E-state index contributed by atoms with van der Waals surface area (Å²) in [7, 11) is -2.81. The number of nitrogens with one attached hydrogen (secondary N) is 1. The summed E-state index contributed by atoms with van der Waals surface area (Å²) in [6.07, 6.45) is 4.53. The van der Waals surface area contributed by atoms with E-state index in [9.17, 15) is 8.42 Å². The van der Waals surface area contributed by atoms with Crippen LogP contribution in [-0.4, -0.2) is 38.4 Å². The summed E-state index contributed by atoms with van der Waals surface area (Å²) in [6, 6.07) is 0. The van der Waals surface area contributed by atoms with Crippen molar-refractivity contribution >= 4 is 21.4 Å². The lowest BCUT2D eigenvalue weighted by molar-refractivity contribution is 0.348. The summed E-state index contributed by atoms with van der Waals surface area (Å²) in [5.74, 6) is 1.18. The SMILES string of the molecule is CCS(=O)(=O)CCNCC1CCC(Cl)CC1. The number of halogens is 1. The van der Waals surface area contributed by atoms with E-state index in [0.29, 0.717) is 17.8 Å². The van der Waals surface area contributed by atoms with Gasteiger partial charge in [0.2, 0.25) is 0 Å². The molecule has 0 bridgehead atoms. The molecular formula is C11H22ClNO2S.